The van der Waals surface area contributed by atoms with E-state index in [-0.39, 0.29) is 6.04 Å². The van der Waals surface area contributed by atoms with Crippen molar-refractivity contribution in [2.75, 3.05) is 11.9 Å². The van der Waals surface area contributed by atoms with Crippen molar-refractivity contribution in [2.45, 2.75) is 19.4 Å². The van der Waals surface area contributed by atoms with E-state index in [0.717, 1.165) is 16.8 Å². The van der Waals surface area contributed by atoms with Gasteiger partial charge in [-0.1, -0.05) is 0 Å². The summed E-state index contributed by atoms with van der Waals surface area (Å²) in [7, 11) is 0. The molecule has 1 aromatic rings. The normalized spacial score (nSPS) is 12.9. The quantitative estimate of drug-likeness (QED) is 0.860. The van der Waals surface area contributed by atoms with Crippen molar-refractivity contribution in [3.05, 3.63) is 15.9 Å². The average molecular weight is 249 g/mol. The Bertz CT molecular complexity index is 235. The molecule has 1 atom stereocenters. The maximum atomic E-state index is 5.62. The Morgan fingerprint density at radius 2 is 2.42 bits per heavy atom. The monoisotopic (exact) mass is 248 g/mol. The topological polar surface area (TPSA) is 38.0 Å². The van der Waals surface area contributed by atoms with Crippen LogP contribution >= 0.6 is 27.3 Å². The van der Waals surface area contributed by atoms with E-state index in [9.17, 15) is 0 Å². The standard InChI is InChI=1S/C8H13BrN2S/c1-6(10)4-5-11-8-3-2-7(9)12-8/h2-3,6,11H,4-5,10H2,1H3. The van der Waals surface area contributed by atoms with E-state index in [1.807, 2.05) is 13.0 Å². The summed E-state index contributed by atoms with van der Waals surface area (Å²) < 4.78 is 1.16. The molecule has 0 aromatic carbocycles. The minimum Gasteiger partial charge on any atom is -0.377 e. The summed E-state index contributed by atoms with van der Waals surface area (Å²) in [5.74, 6) is 0. The molecule has 4 heteroatoms. The number of hydrogen-bond acceptors (Lipinski definition) is 3. The van der Waals surface area contributed by atoms with Gasteiger partial charge >= 0.3 is 0 Å². The molecule has 0 fully saturated rings. The highest BCUT2D eigenvalue weighted by Gasteiger charge is 1.97. The lowest BCUT2D eigenvalue weighted by Gasteiger charge is -2.05. The van der Waals surface area contributed by atoms with Crippen molar-refractivity contribution in [1.82, 2.24) is 0 Å². The fourth-order valence-corrected chi connectivity index (χ4v) is 2.14. The third kappa shape index (κ3) is 3.56. The van der Waals surface area contributed by atoms with Gasteiger partial charge in [0.2, 0.25) is 0 Å². The predicted molar refractivity (Wildman–Crippen MR) is 58.8 cm³/mol. The Kier molecular flexibility index (Phi) is 4.05. The van der Waals surface area contributed by atoms with E-state index in [0.29, 0.717) is 0 Å². The Labute approximate surface area is 85.3 Å². The lowest BCUT2D eigenvalue weighted by atomic mass is 10.2. The fourth-order valence-electron chi connectivity index (χ4n) is 0.832. The molecule has 3 N–H and O–H groups in total. The third-order valence-corrected chi connectivity index (χ3v) is 3.05. The van der Waals surface area contributed by atoms with Crippen molar-refractivity contribution in [1.29, 1.82) is 0 Å². The summed E-state index contributed by atoms with van der Waals surface area (Å²) in [5.41, 5.74) is 5.62. The number of anilines is 1. The number of halogens is 1. The number of hydrogen-bond donors (Lipinski definition) is 2. The number of rotatable bonds is 4. The molecule has 1 unspecified atom stereocenters. The van der Waals surface area contributed by atoms with Crippen LogP contribution in [0.4, 0.5) is 5.00 Å². The van der Waals surface area contributed by atoms with Crippen LogP contribution in [0.5, 0.6) is 0 Å². The Morgan fingerprint density at radius 3 is 2.92 bits per heavy atom. The van der Waals surface area contributed by atoms with Gasteiger partial charge < -0.3 is 11.1 Å². The molecule has 0 aliphatic rings. The second kappa shape index (κ2) is 4.84. The molecule has 0 aliphatic carbocycles. The van der Waals surface area contributed by atoms with Gasteiger partial charge in [-0.25, -0.2) is 0 Å². The average Bonchev–Trinajstić information content (AvgIpc) is 2.35. The summed E-state index contributed by atoms with van der Waals surface area (Å²) in [6, 6.07) is 4.38. The Hall–Kier alpha value is -0.0600. The molecule has 2 nitrogen and oxygen atoms in total. The number of thiophene rings is 1. The molecular formula is C8H13BrN2S. The molecule has 0 radical (unpaired) electrons. The highest BCUT2D eigenvalue weighted by atomic mass is 79.9. The van der Waals surface area contributed by atoms with E-state index in [1.54, 1.807) is 11.3 Å². The second-order valence-electron chi connectivity index (χ2n) is 2.80. The second-order valence-corrected chi connectivity index (χ2v) is 5.26. The molecule has 68 valence electrons. The summed E-state index contributed by atoms with van der Waals surface area (Å²) in [6.45, 7) is 2.97. The lowest BCUT2D eigenvalue weighted by molar-refractivity contribution is 0.691. The van der Waals surface area contributed by atoms with Gasteiger partial charge in [-0.05, 0) is 41.4 Å². The zero-order valence-electron chi connectivity index (χ0n) is 7.01. The summed E-state index contributed by atoms with van der Waals surface area (Å²) in [6.07, 6.45) is 1.01. The molecule has 0 aliphatic heterocycles. The first-order valence-electron chi connectivity index (χ1n) is 3.93. The van der Waals surface area contributed by atoms with E-state index >= 15 is 0 Å². The molecule has 12 heavy (non-hydrogen) atoms. The van der Waals surface area contributed by atoms with Crippen LogP contribution in [0.2, 0.25) is 0 Å². The van der Waals surface area contributed by atoms with Crippen molar-refractivity contribution >= 4 is 32.3 Å². The number of nitrogens with two attached hydrogens (primary N) is 1. The molecule has 0 spiro atoms. The predicted octanol–water partition coefficient (Wildman–Crippen LogP) is 2.66. The molecular weight excluding hydrogens is 236 g/mol. The van der Waals surface area contributed by atoms with Crippen molar-refractivity contribution in [2.24, 2.45) is 5.73 Å². The van der Waals surface area contributed by atoms with Crippen LogP contribution in [0.15, 0.2) is 15.9 Å². The van der Waals surface area contributed by atoms with E-state index in [1.165, 1.54) is 5.00 Å². The zero-order valence-corrected chi connectivity index (χ0v) is 9.41. The first kappa shape index (κ1) is 10.0. The van der Waals surface area contributed by atoms with Crippen LogP contribution in [0.25, 0.3) is 0 Å². The van der Waals surface area contributed by atoms with Crippen molar-refractivity contribution in [3.8, 4) is 0 Å². The van der Waals surface area contributed by atoms with E-state index < -0.39 is 0 Å². The zero-order chi connectivity index (χ0) is 8.97. The summed E-state index contributed by atoms with van der Waals surface area (Å²) in [4.78, 5) is 0. The van der Waals surface area contributed by atoms with Gasteiger partial charge in [-0.3, -0.25) is 0 Å². The van der Waals surface area contributed by atoms with Gasteiger partial charge in [0, 0.05) is 12.6 Å². The minimum atomic E-state index is 0.279. The van der Waals surface area contributed by atoms with Crippen molar-refractivity contribution < 1.29 is 0 Å². The van der Waals surface area contributed by atoms with Gasteiger partial charge in [-0.2, -0.15) is 0 Å². The fraction of sp³-hybridized carbons (Fsp3) is 0.500. The van der Waals surface area contributed by atoms with Crippen LogP contribution in [-0.4, -0.2) is 12.6 Å². The summed E-state index contributed by atoms with van der Waals surface area (Å²) >= 11 is 5.11. The van der Waals surface area contributed by atoms with Crippen molar-refractivity contribution in [3.63, 3.8) is 0 Å². The minimum absolute atomic E-state index is 0.279. The largest absolute Gasteiger partial charge is 0.377 e. The lowest BCUT2D eigenvalue weighted by Crippen LogP contribution is -2.18. The molecule has 1 aromatic heterocycles. The highest BCUT2D eigenvalue weighted by Crippen LogP contribution is 2.26. The van der Waals surface area contributed by atoms with Crippen LogP contribution in [0, 0.1) is 0 Å². The van der Waals surface area contributed by atoms with Crippen LogP contribution in [-0.2, 0) is 0 Å². The summed E-state index contributed by atoms with van der Waals surface area (Å²) in [5, 5.41) is 4.50. The van der Waals surface area contributed by atoms with Crippen LogP contribution in [0.1, 0.15) is 13.3 Å². The maximum Gasteiger partial charge on any atom is 0.0894 e. The first-order chi connectivity index (χ1) is 5.68. The SMILES string of the molecule is CC(N)CCNc1ccc(Br)s1. The van der Waals surface area contributed by atoms with Gasteiger partial charge in [0.05, 0.1) is 8.79 Å². The molecule has 0 saturated carbocycles. The molecule has 1 rings (SSSR count). The van der Waals surface area contributed by atoms with Gasteiger partial charge in [0.25, 0.3) is 0 Å². The first-order valence-corrected chi connectivity index (χ1v) is 5.54. The third-order valence-electron chi connectivity index (χ3n) is 1.47. The maximum absolute atomic E-state index is 5.62. The van der Waals surface area contributed by atoms with Gasteiger partial charge in [0.15, 0.2) is 0 Å². The van der Waals surface area contributed by atoms with Gasteiger partial charge in [0.1, 0.15) is 0 Å². The molecule has 0 saturated heterocycles. The van der Waals surface area contributed by atoms with E-state index in [2.05, 4.69) is 27.3 Å². The molecule has 0 bridgehead atoms. The smallest absolute Gasteiger partial charge is 0.0894 e. The Balaban J connectivity index is 2.24. The molecule has 0 amide bonds. The number of nitrogens with one attached hydrogen (secondary N) is 1. The molecule has 1 heterocycles. The van der Waals surface area contributed by atoms with Crippen LogP contribution < -0.4 is 11.1 Å². The van der Waals surface area contributed by atoms with E-state index in [4.69, 9.17) is 5.73 Å². The van der Waals surface area contributed by atoms with Crippen LogP contribution in [0.3, 0.4) is 0 Å². The Morgan fingerprint density at radius 1 is 1.67 bits per heavy atom. The van der Waals surface area contributed by atoms with Gasteiger partial charge in [-0.15, -0.1) is 11.3 Å². The highest BCUT2D eigenvalue weighted by molar-refractivity contribution is 9.11.